The van der Waals surface area contributed by atoms with Crippen LogP contribution in [0.3, 0.4) is 0 Å². The molecule has 0 fully saturated rings. The van der Waals surface area contributed by atoms with Crippen molar-refractivity contribution in [2.75, 3.05) is 26.3 Å². The number of nitrogens with one attached hydrogen (secondary N) is 1. The number of carbonyl (C=O) groups is 1. The zero-order valence-electron chi connectivity index (χ0n) is 7.43. The van der Waals surface area contributed by atoms with Crippen LogP contribution in [0.1, 0.15) is 6.92 Å². The Morgan fingerprint density at radius 3 is 2.83 bits per heavy atom. The van der Waals surface area contributed by atoms with E-state index in [9.17, 15) is 4.79 Å². The van der Waals surface area contributed by atoms with Crippen LogP contribution in [0.25, 0.3) is 0 Å². The molecule has 0 saturated heterocycles. The highest BCUT2D eigenvalue weighted by atomic mass is 16.5. The number of hydrogen-bond acceptors (Lipinski definition) is 3. The molecule has 3 N–H and O–H groups in total. The molecule has 4 heteroatoms. The first-order chi connectivity index (χ1) is 5.63. The highest BCUT2D eigenvalue weighted by Crippen LogP contribution is 1.86. The molecule has 1 amide bonds. The van der Waals surface area contributed by atoms with Gasteiger partial charge >= 0.3 is 0 Å². The minimum Gasteiger partial charge on any atom is -0.376 e. The third kappa shape index (κ3) is 9.13. The Bertz CT molecular complexity index is 139. The minimum atomic E-state index is -0.352. The Balaban J connectivity index is 3.01. The van der Waals surface area contributed by atoms with Crippen LogP contribution in [0.15, 0.2) is 12.2 Å². The lowest BCUT2D eigenvalue weighted by Crippen LogP contribution is -2.30. The summed E-state index contributed by atoms with van der Waals surface area (Å²) in [5.41, 5.74) is 5.89. The third-order valence-electron chi connectivity index (χ3n) is 1.07. The highest BCUT2D eigenvalue weighted by molar-refractivity contribution is 5.75. The summed E-state index contributed by atoms with van der Waals surface area (Å²) in [6.45, 7) is 7.56. The van der Waals surface area contributed by atoms with Gasteiger partial charge in [0.1, 0.15) is 0 Å². The number of amides is 1. The molecule has 4 nitrogen and oxygen atoms in total. The van der Waals surface area contributed by atoms with Gasteiger partial charge in [-0.1, -0.05) is 12.2 Å². The van der Waals surface area contributed by atoms with Gasteiger partial charge in [0.2, 0.25) is 5.91 Å². The Morgan fingerprint density at radius 1 is 1.67 bits per heavy atom. The number of primary amides is 1. The molecule has 0 aromatic carbocycles. The molecule has 0 rings (SSSR count). The molecule has 70 valence electrons. The molecular formula is C8H16N2O2. The molecule has 0 radical (unpaired) electrons. The summed E-state index contributed by atoms with van der Waals surface area (Å²) >= 11 is 0. The van der Waals surface area contributed by atoms with Gasteiger partial charge in [-0.25, -0.2) is 0 Å². The molecule has 0 spiro atoms. The highest BCUT2D eigenvalue weighted by Gasteiger charge is 1.92. The van der Waals surface area contributed by atoms with Gasteiger partial charge in [0, 0.05) is 6.54 Å². The van der Waals surface area contributed by atoms with E-state index in [0.717, 1.165) is 5.57 Å². The fourth-order valence-corrected chi connectivity index (χ4v) is 0.602. The summed E-state index contributed by atoms with van der Waals surface area (Å²) in [6, 6.07) is 0. The minimum absolute atomic E-state index is 0.205. The van der Waals surface area contributed by atoms with Crippen molar-refractivity contribution < 1.29 is 9.53 Å². The van der Waals surface area contributed by atoms with Gasteiger partial charge in [-0.2, -0.15) is 0 Å². The first kappa shape index (κ1) is 11.1. The fourth-order valence-electron chi connectivity index (χ4n) is 0.602. The number of rotatable bonds is 7. The predicted molar refractivity (Wildman–Crippen MR) is 47.7 cm³/mol. The normalized spacial score (nSPS) is 9.75. The van der Waals surface area contributed by atoms with Gasteiger partial charge in [0.15, 0.2) is 0 Å². The number of nitrogens with two attached hydrogens (primary N) is 1. The van der Waals surface area contributed by atoms with Gasteiger partial charge in [-0.05, 0) is 6.92 Å². The van der Waals surface area contributed by atoms with Crippen LogP contribution in [0.2, 0.25) is 0 Å². The molecule has 0 unspecified atom stereocenters. The molecule has 0 atom stereocenters. The quantitative estimate of drug-likeness (QED) is 0.407. The predicted octanol–water partition coefficient (Wildman–Crippen LogP) is -0.346. The summed E-state index contributed by atoms with van der Waals surface area (Å²) in [5.74, 6) is -0.352. The molecule has 0 heterocycles. The SMILES string of the molecule is C=C(C)COCCNCC(N)=O. The summed E-state index contributed by atoms with van der Waals surface area (Å²) in [5, 5.41) is 2.83. The largest absolute Gasteiger partial charge is 0.376 e. The van der Waals surface area contributed by atoms with E-state index in [0.29, 0.717) is 19.8 Å². The van der Waals surface area contributed by atoms with E-state index in [2.05, 4.69) is 11.9 Å². The molecule has 0 aliphatic carbocycles. The van der Waals surface area contributed by atoms with Crippen LogP contribution in [0.4, 0.5) is 0 Å². The third-order valence-corrected chi connectivity index (χ3v) is 1.07. The maximum absolute atomic E-state index is 10.2. The number of carbonyl (C=O) groups excluding carboxylic acids is 1. The lowest BCUT2D eigenvalue weighted by atomic mass is 10.4. The summed E-state index contributed by atoms with van der Waals surface area (Å²) in [6.07, 6.45) is 0. The standard InChI is InChI=1S/C8H16N2O2/c1-7(2)6-12-4-3-10-5-8(9)11/h10H,1,3-6H2,2H3,(H2,9,11). The van der Waals surface area contributed by atoms with Crippen molar-refractivity contribution >= 4 is 5.91 Å². The molecule has 12 heavy (non-hydrogen) atoms. The Labute approximate surface area is 72.8 Å². The van der Waals surface area contributed by atoms with Crippen LogP contribution < -0.4 is 11.1 Å². The molecule has 0 aromatic heterocycles. The Kier molecular flexibility index (Phi) is 6.32. The molecule has 0 aliphatic rings. The van der Waals surface area contributed by atoms with Gasteiger partial charge in [0.25, 0.3) is 0 Å². The van der Waals surface area contributed by atoms with Crippen molar-refractivity contribution in [3.05, 3.63) is 12.2 Å². The van der Waals surface area contributed by atoms with Crippen LogP contribution >= 0.6 is 0 Å². The van der Waals surface area contributed by atoms with Gasteiger partial charge < -0.3 is 15.8 Å². The van der Waals surface area contributed by atoms with Crippen molar-refractivity contribution in [1.29, 1.82) is 0 Å². The molecule has 0 aliphatic heterocycles. The average Bonchev–Trinajstić information content (AvgIpc) is 1.95. The maximum Gasteiger partial charge on any atom is 0.231 e. The molecule has 0 bridgehead atoms. The van der Waals surface area contributed by atoms with E-state index in [1.165, 1.54) is 0 Å². The van der Waals surface area contributed by atoms with Crippen LogP contribution in [-0.4, -0.2) is 32.2 Å². The van der Waals surface area contributed by atoms with Gasteiger partial charge in [0.05, 0.1) is 19.8 Å². The van der Waals surface area contributed by atoms with Crippen molar-refractivity contribution in [2.45, 2.75) is 6.92 Å². The zero-order valence-corrected chi connectivity index (χ0v) is 7.43. The summed E-state index contributed by atoms with van der Waals surface area (Å²) in [7, 11) is 0. The van der Waals surface area contributed by atoms with Crippen molar-refractivity contribution in [3.8, 4) is 0 Å². The molecule has 0 aromatic rings. The van der Waals surface area contributed by atoms with Crippen molar-refractivity contribution in [3.63, 3.8) is 0 Å². The van der Waals surface area contributed by atoms with Crippen molar-refractivity contribution in [1.82, 2.24) is 5.32 Å². The van der Waals surface area contributed by atoms with E-state index in [-0.39, 0.29) is 12.5 Å². The first-order valence-corrected chi connectivity index (χ1v) is 3.84. The van der Waals surface area contributed by atoms with Gasteiger partial charge in [-0.15, -0.1) is 0 Å². The molecule has 0 saturated carbocycles. The number of hydrogen-bond donors (Lipinski definition) is 2. The Morgan fingerprint density at radius 2 is 2.33 bits per heavy atom. The maximum atomic E-state index is 10.2. The van der Waals surface area contributed by atoms with E-state index in [1.807, 2.05) is 6.92 Å². The zero-order chi connectivity index (χ0) is 9.40. The van der Waals surface area contributed by atoms with Gasteiger partial charge in [-0.3, -0.25) is 4.79 Å². The number of ether oxygens (including phenoxy) is 1. The van der Waals surface area contributed by atoms with E-state index in [1.54, 1.807) is 0 Å². The average molecular weight is 172 g/mol. The second-order valence-corrected chi connectivity index (χ2v) is 2.65. The monoisotopic (exact) mass is 172 g/mol. The summed E-state index contributed by atoms with van der Waals surface area (Å²) in [4.78, 5) is 10.2. The second-order valence-electron chi connectivity index (χ2n) is 2.65. The van der Waals surface area contributed by atoms with E-state index in [4.69, 9.17) is 10.5 Å². The Hall–Kier alpha value is -0.870. The van der Waals surface area contributed by atoms with Crippen molar-refractivity contribution in [2.24, 2.45) is 5.73 Å². The lowest BCUT2D eigenvalue weighted by molar-refractivity contribution is -0.117. The van der Waals surface area contributed by atoms with E-state index < -0.39 is 0 Å². The lowest BCUT2D eigenvalue weighted by Gasteiger charge is -2.03. The van der Waals surface area contributed by atoms with Crippen LogP contribution in [-0.2, 0) is 9.53 Å². The topological polar surface area (TPSA) is 64.3 Å². The summed E-state index contributed by atoms with van der Waals surface area (Å²) < 4.78 is 5.16. The van der Waals surface area contributed by atoms with E-state index >= 15 is 0 Å². The first-order valence-electron chi connectivity index (χ1n) is 3.84. The second kappa shape index (κ2) is 6.82. The van der Waals surface area contributed by atoms with Crippen LogP contribution in [0.5, 0.6) is 0 Å². The smallest absolute Gasteiger partial charge is 0.231 e. The molecular weight excluding hydrogens is 156 g/mol. The van der Waals surface area contributed by atoms with Crippen LogP contribution in [0, 0.1) is 0 Å². The fraction of sp³-hybridized carbons (Fsp3) is 0.625.